The van der Waals surface area contributed by atoms with Gasteiger partial charge in [0.15, 0.2) is 11.2 Å². The molecule has 4 aromatic rings. The number of carbonyl (C=O) groups is 1. The molecule has 0 radical (unpaired) electrons. The van der Waals surface area contributed by atoms with Gasteiger partial charge in [-0.25, -0.2) is 9.78 Å². The number of benzene rings is 2. The van der Waals surface area contributed by atoms with Crippen molar-refractivity contribution in [1.29, 1.82) is 0 Å². The van der Waals surface area contributed by atoms with E-state index in [1.807, 2.05) is 13.8 Å². The average molecular weight is 622 g/mol. The smallest absolute Gasteiger partial charge is 0.496 e. The Morgan fingerprint density at radius 3 is 2.69 bits per heavy atom. The number of halogens is 1. The Balaban J connectivity index is 1.36. The lowest BCUT2D eigenvalue weighted by molar-refractivity contribution is 0.0153. The zero-order valence-electron chi connectivity index (χ0n) is 23.0. The summed E-state index contributed by atoms with van der Waals surface area (Å²) in [7, 11) is -2.48. The normalized spacial score (nSPS) is 12.7. The number of rotatable bonds is 13. The molecule has 0 aliphatic carbocycles. The molecule has 16 heteroatoms. The number of nitrogens with one attached hydrogen (secondary N) is 1. The third kappa shape index (κ3) is 8.08. The Hall–Kier alpha value is -3.94. The lowest BCUT2D eigenvalue weighted by Gasteiger charge is -2.19. The van der Waals surface area contributed by atoms with Crippen LogP contribution in [0.15, 0.2) is 47.5 Å². The van der Waals surface area contributed by atoms with E-state index >= 15 is 0 Å². The van der Waals surface area contributed by atoms with Crippen molar-refractivity contribution in [3.8, 4) is 11.5 Å². The van der Waals surface area contributed by atoms with E-state index in [2.05, 4.69) is 15.0 Å². The molecular formula is C26H29ClN5O9P. The van der Waals surface area contributed by atoms with Gasteiger partial charge >= 0.3 is 13.8 Å². The lowest BCUT2D eigenvalue weighted by Crippen LogP contribution is -2.15. The number of anilines is 1. The number of hydrogen-bond donors (Lipinski definition) is 2. The number of ether oxygens (including phenoxy) is 4. The third-order valence-electron chi connectivity index (χ3n) is 5.89. The van der Waals surface area contributed by atoms with E-state index in [-0.39, 0.29) is 42.6 Å². The van der Waals surface area contributed by atoms with Crippen LogP contribution in [0.2, 0.25) is 5.02 Å². The van der Waals surface area contributed by atoms with Crippen LogP contribution in [0.5, 0.6) is 11.5 Å². The molecule has 14 nitrogen and oxygen atoms in total. The maximum atomic E-state index is 13.5. The van der Waals surface area contributed by atoms with Gasteiger partial charge in [0.05, 0.1) is 26.7 Å². The first-order chi connectivity index (χ1) is 20.1. The number of nitrogens with two attached hydrogens (primary N) is 1. The van der Waals surface area contributed by atoms with Crippen LogP contribution in [0.3, 0.4) is 0 Å². The van der Waals surface area contributed by atoms with E-state index in [1.54, 1.807) is 34.9 Å². The number of aromatic amines is 1. The van der Waals surface area contributed by atoms with Crippen LogP contribution in [-0.2, 0) is 36.2 Å². The molecule has 4 rings (SSSR count). The molecule has 0 aliphatic heterocycles. The van der Waals surface area contributed by atoms with Gasteiger partial charge in [0.2, 0.25) is 12.7 Å². The number of hydrogen-bond acceptors (Lipinski definition) is 12. The largest absolute Gasteiger partial charge is 0.515 e. The second-order valence-electron chi connectivity index (χ2n) is 8.94. The molecule has 2 aromatic heterocycles. The summed E-state index contributed by atoms with van der Waals surface area (Å²) in [5.41, 5.74) is 7.90. The minimum atomic E-state index is -3.97. The van der Waals surface area contributed by atoms with Gasteiger partial charge in [0.25, 0.3) is 5.56 Å². The number of aromatic nitrogens is 4. The quantitative estimate of drug-likeness (QED) is 0.0700. The highest BCUT2D eigenvalue weighted by Crippen LogP contribution is 2.49. The number of nitrogen functional groups attached to an aromatic ring is 1. The number of H-pyrrole nitrogens is 1. The average Bonchev–Trinajstić information content (AvgIpc) is 3.36. The van der Waals surface area contributed by atoms with Gasteiger partial charge < -0.3 is 33.8 Å². The summed E-state index contributed by atoms with van der Waals surface area (Å²) in [4.78, 5) is 34.7. The number of imidazole rings is 1. The molecule has 224 valence electrons. The number of carbonyl (C=O) groups excluding carboxylic acids is 1. The summed E-state index contributed by atoms with van der Waals surface area (Å²) in [5.74, 6) is 0.655. The van der Waals surface area contributed by atoms with Gasteiger partial charge in [-0.15, -0.1) is 0 Å². The summed E-state index contributed by atoms with van der Waals surface area (Å²) in [6, 6.07) is 10.0. The minimum absolute atomic E-state index is 0.0189. The molecule has 0 aliphatic rings. The van der Waals surface area contributed by atoms with E-state index in [0.717, 1.165) is 11.1 Å². The number of methoxy groups -OCH3 is 1. The highest BCUT2D eigenvalue weighted by atomic mass is 35.5. The van der Waals surface area contributed by atoms with Gasteiger partial charge in [-0.2, -0.15) is 4.98 Å². The molecule has 0 amide bonds. The van der Waals surface area contributed by atoms with Crippen molar-refractivity contribution in [2.24, 2.45) is 0 Å². The van der Waals surface area contributed by atoms with Crippen LogP contribution >= 0.6 is 19.2 Å². The predicted octanol–water partition coefficient (Wildman–Crippen LogP) is 4.55. The first-order valence-corrected chi connectivity index (χ1v) is 14.6. The lowest BCUT2D eigenvalue weighted by atomic mass is 10.2. The monoisotopic (exact) mass is 621 g/mol. The van der Waals surface area contributed by atoms with E-state index in [4.69, 9.17) is 45.3 Å². The molecule has 0 bridgehead atoms. The summed E-state index contributed by atoms with van der Waals surface area (Å²) in [5, 5.41) is 0.516. The Bertz CT molecular complexity index is 1680. The van der Waals surface area contributed by atoms with Crippen LogP contribution in [0, 0.1) is 13.8 Å². The maximum Gasteiger partial charge on any atom is 0.515 e. The topological polar surface area (TPSA) is 179 Å². The predicted molar refractivity (Wildman–Crippen MR) is 153 cm³/mol. The van der Waals surface area contributed by atoms with Crippen LogP contribution in [0.25, 0.3) is 11.2 Å². The van der Waals surface area contributed by atoms with Crippen molar-refractivity contribution in [1.82, 2.24) is 19.5 Å². The van der Waals surface area contributed by atoms with Crippen LogP contribution in [0.4, 0.5) is 10.7 Å². The molecule has 0 fully saturated rings. The molecule has 2 aromatic carbocycles. The van der Waals surface area contributed by atoms with Crippen molar-refractivity contribution in [2.75, 3.05) is 32.6 Å². The summed E-state index contributed by atoms with van der Waals surface area (Å²) in [6.45, 7) is 3.04. The van der Waals surface area contributed by atoms with E-state index in [1.165, 1.54) is 19.5 Å². The first kappa shape index (κ1) is 31.0. The molecule has 2 heterocycles. The summed E-state index contributed by atoms with van der Waals surface area (Å²) >= 11 is 6.19. The molecule has 0 saturated heterocycles. The van der Waals surface area contributed by atoms with Gasteiger partial charge in [0, 0.05) is 17.6 Å². The van der Waals surface area contributed by atoms with Crippen LogP contribution in [0.1, 0.15) is 16.7 Å². The summed E-state index contributed by atoms with van der Waals surface area (Å²) in [6.07, 6.45) is -0.164. The fraction of sp³-hybridized carbons (Fsp3) is 0.308. The Morgan fingerprint density at radius 2 is 1.93 bits per heavy atom. The highest BCUT2D eigenvalue weighted by Gasteiger charge is 2.27. The molecule has 1 atom stereocenters. The number of aryl methyl sites for hydroxylation is 2. The Morgan fingerprint density at radius 1 is 1.14 bits per heavy atom. The van der Waals surface area contributed by atoms with Crippen molar-refractivity contribution in [3.05, 3.63) is 74.8 Å². The van der Waals surface area contributed by atoms with Crippen molar-refractivity contribution in [2.45, 2.75) is 27.0 Å². The number of fused-ring (bicyclic) bond motifs is 1. The van der Waals surface area contributed by atoms with Gasteiger partial charge in [0.1, 0.15) is 17.8 Å². The SMILES string of the molecule is COc1cc(OC(=O)OCOP(=O)(COCCn2cnc3c(=O)[nH]c(N)nc32)OCc2ccc(C)c(Cl)c2)ccc1C. The molecule has 42 heavy (non-hydrogen) atoms. The van der Waals surface area contributed by atoms with Gasteiger partial charge in [-0.05, 0) is 42.7 Å². The third-order valence-corrected chi connectivity index (χ3v) is 7.82. The van der Waals surface area contributed by atoms with E-state index < -0.39 is 32.5 Å². The van der Waals surface area contributed by atoms with Gasteiger partial charge in [-0.1, -0.05) is 29.8 Å². The fourth-order valence-corrected chi connectivity index (χ4v) is 4.97. The van der Waals surface area contributed by atoms with E-state index in [0.29, 0.717) is 16.3 Å². The van der Waals surface area contributed by atoms with Crippen LogP contribution in [-0.4, -0.2) is 52.5 Å². The second kappa shape index (κ2) is 13.8. The van der Waals surface area contributed by atoms with E-state index in [9.17, 15) is 14.2 Å². The van der Waals surface area contributed by atoms with Crippen molar-refractivity contribution >= 4 is 42.5 Å². The fourth-order valence-electron chi connectivity index (χ4n) is 3.63. The van der Waals surface area contributed by atoms with Gasteiger partial charge in [-0.3, -0.25) is 18.9 Å². The molecular weight excluding hydrogens is 593 g/mol. The van der Waals surface area contributed by atoms with Crippen molar-refractivity contribution in [3.63, 3.8) is 0 Å². The first-order valence-electron chi connectivity index (χ1n) is 12.5. The number of nitrogens with zero attached hydrogens (tertiary/aromatic N) is 3. The van der Waals surface area contributed by atoms with Crippen molar-refractivity contribution < 1.29 is 37.4 Å². The standard InChI is InChI=1S/C26H29ClN5O9P/c1-16-4-6-18(10-20(16)27)12-39-42(35,40-14-38-26(34)41-19-7-5-17(2)21(11-19)36-3)15-37-9-8-32-13-29-22-23(32)30-25(28)31-24(22)33/h4-7,10-11,13H,8-9,12,14-15H2,1-3H3,(H3,28,30,31,33). The zero-order valence-corrected chi connectivity index (χ0v) is 24.6. The minimum Gasteiger partial charge on any atom is -0.496 e. The molecule has 0 spiro atoms. The molecule has 3 N–H and O–H groups in total. The zero-order chi connectivity index (χ0) is 30.3. The van der Waals surface area contributed by atoms with Crippen LogP contribution < -0.4 is 20.8 Å². The Labute approximate surface area is 245 Å². The maximum absolute atomic E-state index is 13.5. The second-order valence-corrected chi connectivity index (χ2v) is 11.3. The highest BCUT2D eigenvalue weighted by molar-refractivity contribution is 7.53. The summed E-state index contributed by atoms with van der Waals surface area (Å²) < 4.78 is 46.9. The molecule has 1 unspecified atom stereocenters. The Kier molecular flexibility index (Phi) is 10.2. The molecule has 0 saturated carbocycles.